The van der Waals surface area contributed by atoms with Crippen molar-refractivity contribution >= 4 is 103 Å². The summed E-state index contributed by atoms with van der Waals surface area (Å²) in [5, 5.41) is 9.64. The normalized spacial score (nSPS) is 11.9. The Kier molecular flexibility index (Phi) is 7.78. The van der Waals surface area contributed by atoms with E-state index in [1.807, 2.05) is 17.4 Å². The zero-order chi connectivity index (χ0) is 40.7. The summed E-state index contributed by atoms with van der Waals surface area (Å²) in [6.45, 7) is 0. The molecule has 3 heterocycles. The highest BCUT2D eigenvalue weighted by Gasteiger charge is 2.26. The first-order valence-electron chi connectivity index (χ1n) is 21.1. The van der Waals surface area contributed by atoms with Gasteiger partial charge in [-0.05, 0) is 65.5 Å². The van der Waals surface area contributed by atoms with E-state index in [4.69, 9.17) is 4.42 Å². The molecule has 0 aliphatic heterocycles. The van der Waals surface area contributed by atoms with Gasteiger partial charge in [0.1, 0.15) is 11.2 Å². The highest BCUT2D eigenvalue weighted by molar-refractivity contribution is 7.26. The van der Waals surface area contributed by atoms with Gasteiger partial charge in [0.2, 0.25) is 0 Å². The van der Waals surface area contributed by atoms with Gasteiger partial charge < -0.3 is 13.9 Å². The van der Waals surface area contributed by atoms with E-state index in [2.05, 4.69) is 222 Å². The SMILES string of the molecule is c1ccc(N(c2ccc3c(sc4ccccc43)c2-c2ccc(-n3c4ccccc4c4ccccc43)cc2)c2cccc3ccccc23)c(-c2cccc3c2oc2ccccc23)c1. The molecular weight excluding hydrogens is 773 g/mol. The fourth-order valence-electron chi connectivity index (χ4n) is 9.87. The Balaban J connectivity index is 1.10. The van der Waals surface area contributed by atoms with E-state index in [-0.39, 0.29) is 0 Å². The van der Waals surface area contributed by atoms with E-state index in [9.17, 15) is 0 Å². The number of para-hydroxylation sites is 5. The Morgan fingerprint density at radius 2 is 0.984 bits per heavy atom. The van der Waals surface area contributed by atoms with Crippen molar-refractivity contribution in [1.29, 1.82) is 0 Å². The van der Waals surface area contributed by atoms with Crippen molar-refractivity contribution in [3.8, 4) is 27.9 Å². The molecular formula is C58H36N2OS. The van der Waals surface area contributed by atoms with Gasteiger partial charge in [-0.3, -0.25) is 0 Å². The molecule has 0 unspecified atom stereocenters. The molecule has 3 nitrogen and oxygen atoms in total. The molecule has 0 fully saturated rings. The summed E-state index contributed by atoms with van der Waals surface area (Å²) in [4.78, 5) is 2.50. The third-order valence-electron chi connectivity index (χ3n) is 12.6. The van der Waals surface area contributed by atoms with Gasteiger partial charge >= 0.3 is 0 Å². The molecule has 4 heteroatoms. The molecule has 13 aromatic rings. The summed E-state index contributed by atoms with van der Waals surface area (Å²) in [6, 6.07) is 79.2. The lowest BCUT2D eigenvalue weighted by Crippen LogP contribution is -2.13. The lowest BCUT2D eigenvalue weighted by molar-refractivity contribution is 0.670. The molecule has 0 saturated heterocycles. The molecule has 0 aliphatic carbocycles. The molecule has 0 saturated carbocycles. The number of hydrogen-bond donors (Lipinski definition) is 0. The number of fused-ring (bicyclic) bond motifs is 10. The highest BCUT2D eigenvalue weighted by atomic mass is 32.1. The molecule has 0 radical (unpaired) electrons. The number of benzene rings is 10. The van der Waals surface area contributed by atoms with Crippen LogP contribution in [-0.2, 0) is 0 Å². The monoisotopic (exact) mass is 808 g/mol. The summed E-state index contributed by atoms with van der Waals surface area (Å²) in [5.41, 5.74) is 13.1. The predicted molar refractivity (Wildman–Crippen MR) is 264 cm³/mol. The maximum atomic E-state index is 6.72. The molecule has 0 spiro atoms. The molecule has 10 aromatic carbocycles. The lowest BCUT2D eigenvalue weighted by Gasteiger charge is -2.31. The fraction of sp³-hybridized carbons (Fsp3) is 0. The third-order valence-corrected chi connectivity index (χ3v) is 13.8. The van der Waals surface area contributed by atoms with Crippen LogP contribution in [0.15, 0.2) is 223 Å². The van der Waals surface area contributed by atoms with Crippen molar-refractivity contribution in [1.82, 2.24) is 4.57 Å². The van der Waals surface area contributed by atoms with Crippen molar-refractivity contribution in [2.24, 2.45) is 0 Å². The summed E-state index contributed by atoms with van der Waals surface area (Å²) < 4.78 is 11.6. The first kappa shape index (κ1) is 34.9. The minimum absolute atomic E-state index is 0.889. The van der Waals surface area contributed by atoms with Crippen LogP contribution < -0.4 is 4.90 Å². The molecule has 62 heavy (non-hydrogen) atoms. The maximum absolute atomic E-state index is 6.72. The summed E-state index contributed by atoms with van der Waals surface area (Å²) in [5.74, 6) is 0. The van der Waals surface area contributed by atoms with E-state index >= 15 is 0 Å². The number of aromatic nitrogens is 1. The third kappa shape index (κ3) is 5.24. The number of rotatable bonds is 6. The van der Waals surface area contributed by atoms with Crippen molar-refractivity contribution in [3.05, 3.63) is 218 Å². The van der Waals surface area contributed by atoms with Crippen molar-refractivity contribution in [2.75, 3.05) is 4.90 Å². The van der Waals surface area contributed by atoms with Gasteiger partial charge in [0.05, 0.1) is 28.1 Å². The average molecular weight is 809 g/mol. The fourth-order valence-corrected chi connectivity index (χ4v) is 11.1. The van der Waals surface area contributed by atoms with E-state index in [1.54, 1.807) is 0 Å². The molecule has 0 aliphatic rings. The van der Waals surface area contributed by atoms with Crippen LogP contribution in [0.2, 0.25) is 0 Å². The van der Waals surface area contributed by atoms with Gasteiger partial charge in [0.25, 0.3) is 0 Å². The van der Waals surface area contributed by atoms with Gasteiger partial charge in [0.15, 0.2) is 0 Å². The van der Waals surface area contributed by atoms with Crippen molar-refractivity contribution < 1.29 is 4.42 Å². The second-order valence-electron chi connectivity index (χ2n) is 16.0. The standard InChI is InChI=1S/C58H36N2OS/c1-2-17-40-37(15-1)16-13-28-49(40)60(52-27-10-5-20-43(52)46-23-14-24-47-44-21-6-11-29-54(44)61-57(46)47)53-36-35-48-45-22-7-12-30-55(45)62-58(48)56(53)38-31-33-39(34-32-38)59-50-25-8-3-18-41(50)42-19-4-9-26-51(42)59/h1-36H. The van der Waals surface area contributed by atoms with E-state index < -0.39 is 0 Å². The predicted octanol–water partition coefficient (Wildman–Crippen LogP) is 17.0. The molecule has 0 bridgehead atoms. The van der Waals surface area contributed by atoms with Gasteiger partial charge in [-0.1, -0.05) is 164 Å². The number of nitrogens with zero attached hydrogens (tertiary/aromatic N) is 2. The lowest BCUT2D eigenvalue weighted by atomic mass is 9.95. The first-order chi connectivity index (χ1) is 30.8. The Hall–Kier alpha value is -7.92. The topological polar surface area (TPSA) is 21.3 Å². The van der Waals surface area contributed by atoms with Crippen molar-refractivity contribution in [3.63, 3.8) is 0 Å². The Bertz CT molecular complexity index is 3830. The van der Waals surface area contributed by atoms with E-state index in [1.165, 1.54) is 58.3 Å². The molecule has 13 rings (SSSR count). The summed E-state index contributed by atoms with van der Waals surface area (Å²) in [6.07, 6.45) is 0. The van der Waals surface area contributed by atoms with Crippen LogP contribution >= 0.6 is 11.3 Å². The van der Waals surface area contributed by atoms with Crippen LogP contribution in [-0.4, -0.2) is 4.57 Å². The number of thiophene rings is 1. The Labute approximate surface area is 361 Å². The quantitative estimate of drug-likeness (QED) is 0.167. The maximum Gasteiger partial charge on any atom is 0.143 e. The molecule has 0 amide bonds. The van der Waals surface area contributed by atoms with Gasteiger partial charge in [-0.2, -0.15) is 0 Å². The summed E-state index contributed by atoms with van der Waals surface area (Å²) >= 11 is 1.87. The smallest absolute Gasteiger partial charge is 0.143 e. The Morgan fingerprint density at radius 3 is 1.81 bits per heavy atom. The molecule has 0 N–H and O–H groups in total. The second kappa shape index (κ2) is 13.8. The number of anilines is 3. The van der Waals surface area contributed by atoms with Crippen LogP contribution in [0, 0.1) is 0 Å². The van der Waals surface area contributed by atoms with Gasteiger partial charge in [-0.15, -0.1) is 11.3 Å². The molecule has 0 atom stereocenters. The minimum Gasteiger partial charge on any atom is -0.455 e. The Morgan fingerprint density at radius 1 is 0.387 bits per heavy atom. The summed E-state index contributed by atoms with van der Waals surface area (Å²) in [7, 11) is 0. The van der Waals surface area contributed by atoms with Crippen LogP contribution in [0.5, 0.6) is 0 Å². The number of hydrogen-bond acceptors (Lipinski definition) is 3. The second-order valence-corrected chi connectivity index (χ2v) is 17.0. The van der Waals surface area contributed by atoms with Gasteiger partial charge in [-0.25, -0.2) is 0 Å². The van der Waals surface area contributed by atoms with Crippen LogP contribution in [0.1, 0.15) is 0 Å². The van der Waals surface area contributed by atoms with Crippen LogP contribution in [0.25, 0.3) is 103 Å². The van der Waals surface area contributed by atoms with Crippen LogP contribution in [0.3, 0.4) is 0 Å². The first-order valence-corrected chi connectivity index (χ1v) is 21.9. The minimum atomic E-state index is 0.889. The van der Waals surface area contributed by atoms with Crippen molar-refractivity contribution in [2.45, 2.75) is 0 Å². The number of furan rings is 1. The highest BCUT2D eigenvalue weighted by Crippen LogP contribution is 2.52. The van der Waals surface area contributed by atoms with E-state index in [0.717, 1.165) is 61.4 Å². The van der Waals surface area contributed by atoms with Crippen LogP contribution in [0.4, 0.5) is 17.1 Å². The zero-order valence-corrected chi connectivity index (χ0v) is 34.3. The van der Waals surface area contributed by atoms with Gasteiger partial charge in [0, 0.05) is 69.5 Å². The molecule has 290 valence electrons. The van der Waals surface area contributed by atoms with E-state index in [0.29, 0.717) is 0 Å². The largest absolute Gasteiger partial charge is 0.455 e. The average Bonchev–Trinajstić information content (AvgIpc) is 4.02. The zero-order valence-electron chi connectivity index (χ0n) is 33.5. The molecule has 3 aromatic heterocycles.